The molecule has 1 aromatic rings. The van der Waals surface area contributed by atoms with E-state index in [9.17, 15) is 0 Å². The largest absolute Gasteiger partial charge is 0.381 e. The molecule has 2 heterocycles. The van der Waals surface area contributed by atoms with Crippen molar-refractivity contribution in [3.05, 3.63) is 17.6 Å². The van der Waals surface area contributed by atoms with Crippen LogP contribution in [-0.4, -0.2) is 29.7 Å². The van der Waals surface area contributed by atoms with Gasteiger partial charge in [-0.1, -0.05) is 20.8 Å². The van der Waals surface area contributed by atoms with E-state index >= 15 is 0 Å². The fourth-order valence-electron chi connectivity index (χ4n) is 2.51. The van der Waals surface area contributed by atoms with Gasteiger partial charge in [-0.15, -0.1) is 0 Å². The van der Waals surface area contributed by atoms with Gasteiger partial charge in [0.15, 0.2) is 0 Å². The molecule has 0 bridgehead atoms. The van der Waals surface area contributed by atoms with E-state index in [0.29, 0.717) is 11.8 Å². The fourth-order valence-corrected chi connectivity index (χ4v) is 2.51. The van der Waals surface area contributed by atoms with E-state index in [4.69, 9.17) is 9.72 Å². The standard InChI is InChI=1S/C16H27N3O/c1-4-6-17-15-10-14(8-12(2)3)18-16(19-15)9-13-5-7-20-11-13/h10,12-13H,4-9,11H2,1-3H3,(H,17,18,19). The van der Waals surface area contributed by atoms with Gasteiger partial charge in [0.05, 0.1) is 0 Å². The topological polar surface area (TPSA) is 47.0 Å². The second kappa shape index (κ2) is 7.58. The van der Waals surface area contributed by atoms with Crippen LogP contribution in [0.25, 0.3) is 0 Å². The van der Waals surface area contributed by atoms with Crippen LogP contribution < -0.4 is 5.32 Å². The molecule has 112 valence electrons. The summed E-state index contributed by atoms with van der Waals surface area (Å²) in [4.78, 5) is 9.40. The zero-order chi connectivity index (χ0) is 14.4. The molecule has 0 aliphatic carbocycles. The van der Waals surface area contributed by atoms with E-state index in [0.717, 1.165) is 62.8 Å². The number of aromatic nitrogens is 2. The van der Waals surface area contributed by atoms with Gasteiger partial charge in [0.1, 0.15) is 11.6 Å². The molecule has 1 saturated heterocycles. The lowest BCUT2D eigenvalue weighted by Crippen LogP contribution is -2.12. The van der Waals surface area contributed by atoms with E-state index < -0.39 is 0 Å². The van der Waals surface area contributed by atoms with Gasteiger partial charge in [0.25, 0.3) is 0 Å². The van der Waals surface area contributed by atoms with E-state index in [1.54, 1.807) is 0 Å². The lowest BCUT2D eigenvalue weighted by atomic mass is 10.0. The van der Waals surface area contributed by atoms with Crippen molar-refractivity contribution in [1.82, 2.24) is 9.97 Å². The predicted octanol–water partition coefficient (Wildman–Crippen LogP) is 3.08. The van der Waals surface area contributed by atoms with Crippen LogP contribution in [0, 0.1) is 11.8 Å². The molecule has 2 rings (SSSR count). The van der Waals surface area contributed by atoms with Gasteiger partial charge >= 0.3 is 0 Å². The number of rotatable bonds is 7. The Hall–Kier alpha value is -1.16. The summed E-state index contributed by atoms with van der Waals surface area (Å²) in [7, 11) is 0. The van der Waals surface area contributed by atoms with Crippen LogP contribution in [0.4, 0.5) is 5.82 Å². The summed E-state index contributed by atoms with van der Waals surface area (Å²) in [6.45, 7) is 9.33. The summed E-state index contributed by atoms with van der Waals surface area (Å²) in [5, 5.41) is 3.39. The third kappa shape index (κ3) is 4.75. The molecule has 0 saturated carbocycles. The SMILES string of the molecule is CCCNc1cc(CC(C)C)nc(CC2CCOC2)n1. The Morgan fingerprint density at radius 2 is 2.25 bits per heavy atom. The van der Waals surface area contributed by atoms with Gasteiger partial charge in [-0.2, -0.15) is 0 Å². The first-order valence-electron chi connectivity index (χ1n) is 7.85. The van der Waals surface area contributed by atoms with Crippen LogP contribution in [-0.2, 0) is 17.6 Å². The molecule has 1 N–H and O–H groups in total. The molecular weight excluding hydrogens is 250 g/mol. The molecule has 4 heteroatoms. The maximum absolute atomic E-state index is 5.45. The molecule has 0 amide bonds. The van der Waals surface area contributed by atoms with Crippen LogP contribution in [0.2, 0.25) is 0 Å². The summed E-state index contributed by atoms with van der Waals surface area (Å²) in [6.07, 6.45) is 4.19. The Labute approximate surface area is 122 Å². The molecule has 0 radical (unpaired) electrons. The average molecular weight is 277 g/mol. The van der Waals surface area contributed by atoms with Gasteiger partial charge < -0.3 is 10.1 Å². The molecule has 1 aliphatic rings. The average Bonchev–Trinajstić information content (AvgIpc) is 2.88. The first kappa shape index (κ1) is 15.2. The summed E-state index contributed by atoms with van der Waals surface area (Å²) >= 11 is 0. The van der Waals surface area contributed by atoms with Crippen LogP contribution in [0.3, 0.4) is 0 Å². The summed E-state index contributed by atoms with van der Waals surface area (Å²) < 4.78 is 5.45. The highest BCUT2D eigenvalue weighted by Crippen LogP contribution is 2.18. The van der Waals surface area contributed by atoms with Crippen molar-refractivity contribution in [3.63, 3.8) is 0 Å². The minimum absolute atomic E-state index is 0.586. The van der Waals surface area contributed by atoms with Gasteiger partial charge in [0.2, 0.25) is 0 Å². The van der Waals surface area contributed by atoms with E-state index in [1.165, 1.54) is 0 Å². The predicted molar refractivity (Wildman–Crippen MR) is 82.0 cm³/mol. The molecule has 1 atom stereocenters. The Kier molecular flexibility index (Phi) is 5.77. The van der Waals surface area contributed by atoms with E-state index in [1.807, 2.05) is 0 Å². The van der Waals surface area contributed by atoms with Crippen LogP contribution in [0.5, 0.6) is 0 Å². The Morgan fingerprint density at radius 3 is 2.90 bits per heavy atom. The Balaban J connectivity index is 2.10. The maximum atomic E-state index is 5.45. The highest BCUT2D eigenvalue weighted by atomic mass is 16.5. The fraction of sp³-hybridized carbons (Fsp3) is 0.750. The van der Waals surface area contributed by atoms with Crippen molar-refractivity contribution in [3.8, 4) is 0 Å². The first-order chi connectivity index (χ1) is 9.67. The first-order valence-corrected chi connectivity index (χ1v) is 7.85. The van der Waals surface area contributed by atoms with Crippen molar-refractivity contribution < 1.29 is 4.74 Å². The number of anilines is 1. The zero-order valence-corrected chi connectivity index (χ0v) is 13.0. The third-order valence-corrected chi connectivity index (χ3v) is 3.49. The number of ether oxygens (including phenoxy) is 1. The lowest BCUT2D eigenvalue weighted by Gasteiger charge is -2.12. The monoisotopic (exact) mass is 277 g/mol. The summed E-state index contributed by atoms with van der Waals surface area (Å²) in [5.74, 6) is 3.15. The van der Waals surface area contributed by atoms with E-state index in [-0.39, 0.29) is 0 Å². The molecule has 4 nitrogen and oxygen atoms in total. The second-order valence-electron chi connectivity index (χ2n) is 6.12. The number of hydrogen-bond acceptors (Lipinski definition) is 4. The van der Waals surface area contributed by atoms with Gasteiger partial charge in [0, 0.05) is 37.9 Å². The number of hydrogen-bond donors (Lipinski definition) is 1. The van der Waals surface area contributed by atoms with Gasteiger partial charge in [-0.3, -0.25) is 0 Å². The van der Waals surface area contributed by atoms with Crippen molar-refractivity contribution in [2.24, 2.45) is 11.8 Å². The summed E-state index contributed by atoms with van der Waals surface area (Å²) in [6, 6.07) is 2.10. The van der Waals surface area contributed by atoms with Crippen LogP contribution >= 0.6 is 0 Å². The molecule has 1 aliphatic heterocycles. The molecule has 20 heavy (non-hydrogen) atoms. The molecule has 1 fully saturated rings. The highest BCUT2D eigenvalue weighted by molar-refractivity contribution is 5.36. The molecule has 0 spiro atoms. The molecular formula is C16H27N3O. The van der Waals surface area contributed by atoms with Crippen LogP contribution in [0.1, 0.15) is 45.1 Å². The van der Waals surface area contributed by atoms with Crippen molar-refractivity contribution in [2.45, 2.75) is 46.5 Å². The normalized spacial score (nSPS) is 18.7. The lowest BCUT2D eigenvalue weighted by molar-refractivity contribution is 0.185. The minimum Gasteiger partial charge on any atom is -0.381 e. The maximum Gasteiger partial charge on any atom is 0.131 e. The van der Waals surface area contributed by atoms with Crippen molar-refractivity contribution in [1.29, 1.82) is 0 Å². The van der Waals surface area contributed by atoms with Crippen LogP contribution in [0.15, 0.2) is 6.07 Å². The molecule has 1 unspecified atom stereocenters. The number of nitrogens with one attached hydrogen (secondary N) is 1. The third-order valence-electron chi connectivity index (χ3n) is 3.49. The van der Waals surface area contributed by atoms with Crippen molar-refractivity contribution >= 4 is 5.82 Å². The minimum atomic E-state index is 0.586. The Bertz CT molecular complexity index is 414. The molecule has 1 aromatic heterocycles. The van der Waals surface area contributed by atoms with Gasteiger partial charge in [-0.05, 0) is 31.1 Å². The Morgan fingerprint density at radius 1 is 1.40 bits per heavy atom. The van der Waals surface area contributed by atoms with Crippen molar-refractivity contribution in [2.75, 3.05) is 25.1 Å². The zero-order valence-electron chi connectivity index (χ0n) is 13.0. The van der Waals surface area contributed by atoms with E-state index in [2.05, 4.69) is 37.1 Å². The quantitative estimate of drug-likeness (QED) is 0.832. The van der Waals surface area contributed by atoms with Gasteiger partial charge in [-0.25, -0.2) is 9.97 Å². The smallest absolute Gasteiger partial charge is 0.131 e. The highest BCUT2D eigenvalue weighted by Gasteiger charge is 2.18. The second-order valence-corrected chi connectivity index (χ2v) is 6.12. The molecule has 0 aromatic carbocycles. The summed E-state index contributed by atoms with van der Waals surface area (Å²) in [5.41, 5.74) is 1.16. The number of nitrogens with zero attached hydrogens (tertiary/aromatic N) is 2.